The third kappa shape index (κ3) is 5.38. The van der Waals surface area contributed by atoms with Crippen LogP contribution in [0.3, 0.4) is 0 Å². The van der Waals surface area contributed by atoms with E-state index in [1.165, 1.54) is 0 Å². The van der Waals surface area contributed by atoms with E-state index < -0.39 is 0 Å². The second-order valence-corrected chi connectivity index (χ2v) is 8.07. The van der Waals surface area contributed by atoms with Gasteiger partial charge in [-0.25, -0.2) is 4.98 Å². The van der Waals surface area contributed by atoms with Crippen LogP contribution in [0, 0.1) is 5.41 Å². The lowest BCUT2D eigenvalue weighted by Crippen LogP contribution is -2.36. The van der Waals surface area contributed by atoms with E-state index in [4.69, 9.17) is 14.9 Å². The smallest absolute Gasteiger partial charge is 0.217 e. The van der Waals surface area contributed by atoms with Crippen LogP contribution in [0.1, 0.15) is 29.9 Å². The fourth-order valence-corrected chi connectivity index (χ4v) is 3.80. The topological polar surface area (TPSA) is 87.5 Å². The van der Waals surface area contributed by atoms with E-state index in [1.807, 2.05) is 56.3 Å². The summed E-state index contributed by atoms with van der Waals surface area (Å²) in [5.74, 6) is 0.407. The molecule has 1 fully saturated rings. The van der Waals surface area contributed by atoms with Gasteiger partial charge in [0.05, 0.1) is 24.9 Å². The summed E-state index contributed by atoms with van der Waals surface area (Å²) in [6.07, 6.45) is 0.544. The minimum Gasteiger partial charge on any atom is -0.475 e. The third-order valence-electron chi connectivity index (χ3n) is 5.33. The van der Waals surface area contributed by atoms with E-state index in [-0.39, 0.29) is 17.7 Å². The molecule has 2 heterocycles. The van der Waals surface area contributed by atoms with Gasteiger partial charge in [0.15, 0.2) is 6.29 Å². The molecular weight excluding hydrogens is 416 g/mol. The Balaban J connectivity index is 1.79. The molecule has 1 aliphatic rings. The normalized spacial score (nSPS) is 13.6. The van der Waals surface area contributed by atoms with Crippen molar-refractivity contribution in [3.8, 4) is 11.1 Å². The fraction of sp³-hybridized carbons (Fsp3) is 0.269. The first-order valence-electron chi connectivity index (χ1n) is 11.1. The number of morpholine rings is 1. The molecule has 7 nitrogen and oxygen atoms in total. The van der Waals surface area contributed by atoms with Crippen molar-refractivity contribution in [2.45, 2.75) is 20.0 Å². The quantitative estimate of drug-likeness (QED) is 0.306. The predicted molar refractivity (Wildman–Crippen MR) is 131 cm³/mol. The Morgan fingerprint density at radius 1 is 1.12 bits per heavy atom. The molecule has 4 rings (SSSR count). The number of nitrogens with zero attached hydrogens (tertiary/aromatic N) is 2. The van der Waals surface area contributed by atoms with E-state index in [9.17, 15) is 4.79 Å². The molecule has 0 atom stereocenters. The van der Waals surface area contributed by atoms with E-state index in [0.717, 1.165) is 49.5 Å². The van der Waals surface area contributed by atoms with Gasteiger partial charge in [-0.05, 0) is 49.7 Å². The molecule has 0 spiro atoms. The molecule has 0 saturated carbocycles. The summed E-state index contributed by atoms with van der Waals surface area (Å²) < 4.78 is 11.2. The number of carbonyl (C=O) groups is 1. The molecule has 170 valence electrons. The van der Waals surface area contributed by atoms with Gasteiger partial charge in [-0.3, -0.25) is 10.2 Å². The molecule has 0 unspecified atom stereocenters. The lowest BCUT2D eigenvalue weighted by molar-refractivity contribution is 0.111. The van der Waals surface area contributed by atoms with Crippen molar-refractivity contribution in [2.75, 3.05) is 36.5 Å². The second-order valence-electron chi connectivity index (χ2n) is 8.07. The van der Waals surface area contributed by atoms with E-state index in [2.05, 4.69) is 27.3 Å². The van der Waals surface area contributed by atoms with Crippen LogP contribution in [-0.2, 0) is 9.47 Å². The zero-order valence-electron chi connectivity index (χ0n) is 18.9. The summed E-state index contributed by atoms with van der Waals surface area (Å²) in [6.45, 7) is 6.90. The highest BCUT2D eigenvalue weighted by atomic mass is 16.5. The number of hydrogen-bond acceptors (Lipinski definition) is 7. The molecular formula is C26H28N4O3. The number of carbonyl (C=O) groups excluding carboxylic acids is 1. The van der Waals surface area contributed by atoms with Crippen LogP contribution in [0.2, 0.25) is 0 Å². The summed E-state index contributed by atoms with van der Waals surface area (Å²) >= 11 is 0. The monoisotopic (exact) mass is 444 g/mol. The molecule has 0 radical (unpaired) electrons. The molecule has 1 aliphatic heterocycles. The number of rotatable bonds is 7. The SMILES string of the molecule is CC(C)OC(=N)c1c(-c2ccc(N3CCOCC3)cc2)cc(C=O)nc1Nc1ccccc1. The maximum atomic E-state index is 11.7. The fourth-order valence-electron chi connectivity index (χ4n) is 3.80. The maximum Gasteiger partial charge on any atom is 0.217 e. The Morgan fingerprint density at radius 2 is 1.82 bits per heavy atom. The highest BCUT2D eigenvalue weighted by Crippen LogP contribution is 2.33. The van der Waals surface area contributed by atoms with Crippen molar-refractivity contribution in [3.63, 3.8) is 0 Å². The second kappa shape index (κ2) is 10.3. The van der Waals surface area contributed by atoms with Gasteiger partial charge in [0.2, 0.25) is 5.90 Å². The molecule has 1 aromatic heterocycles. The molecule has 1 saturated heterocycles. The molecule has 3 aromatic rings. The number of nitrogens with one attached hydrogen (secondary N) is 2. The van der Waals surface area contributed by atoms with Crippen LogP contribution in [0.5, 0.6) is 0 Å². The predicted octanol–water partition coefficient (Wildman–Crippen LogP) is 4.89. The number of anilines is 3. The maximum absolute atomic E-state index is 11.7. The molecule has 33 heavy (non-hydrogen) atoms. The summed E-state index contributed by atoms with van der Waals surface area (Å²) in [4.78, 5) is 18.5. The van der Waals surface area contributed by atoms with Crippen molar-refractivity contribution in [2.24, 2.45) is 0 Å². The van der Waals surface area contributed by atoms with Crippen LogP contribution in [0.15, 0.2) is 60.7 Å². The van der Waals surface area contributed by atoms with E-state index in [0.29, 0.717) is 16.9 Å². The molecule has 0 amide bonds. The first-order valence-corrected chi connectivity index (χ1v) is 11.1. The number of para-hydroxylation sites is 1. The van der Waals surface area contributed by atoms with Crippen molar-refractivity contribution >= 4 is 29.4 Å². The summed E-state index contributed by atoms with van der Waals surface area (Å²) in [7, 11) is 0. The zero-order valence-corrected chi connectivity index (χ0v) is 18.9. The van der Waals surface area contributed by atoms with Crippen LogP contribution in [0.4, 0.5) is 17.2 Å². The van der Waals surface area contributed by atoms with Gasteiger partial charge >= 0.3 is 0 Å². The largest absolute Gasteiger partial charge is 0.475 e. The van der Waals surface area contributed by atoms with Crippen molar-refractivity contribution < 1.29 is 14.3 Å². The van der Waals surface area contributed by atoms with Crippen molar-refractivity contribution in [1.82, 2.24) is 4.98 Å². The summed E-state index contributed by atoms with van der Waals surface area (Å²) in [6, 6.07) is 19.4. The van der Waals surface area contributed by atoms with Gasteiger partial charge in [0.1, 0.15) is 11.5 Å². The van der Waals surface area contributed by atoms with Gasteiger partial charge in [-0.2, -0.15) is 0 Å². The molecule has 2 aromatic carbocycles. The number of benzene rings is 2. The molecule has 0 aliphatic carbocycles. The number of aldehydes is 1. The van der Waals surface area contributed by atoms with Crippen LogP contribution in [-0.4, -0.2) is 49.6 Å². The Labute approximate surface area is 193 Å². The highest BCUT2D eigenvalue weighted by molar-refractivity contribution is 6.05. The van der Waals surface area contributed by atoms with Crippen molar-refractivity contribution in [3.05, 3.63) is 71.9 Å². The lowest BCUT2D eigenvalue weighted by Gasteiger charge is -2.29. The summed E-state index contributed by atoms with van der Waals surface area (Å²) in [5, 5.41) is 11.9. The Kier molecular flexibility index (Phi) is 7.00. The van der Waals surface area contributed by atoms with Gasteiger partial charge in [0.25, 0.3) is 0 Å². The minimum atomic E-state index is -0.177. The molecule has 2 N–H and O–H groups in total. The Bertz CT molecular complexity index is 1110. The van der Waals surface area contributed by atoms with Gasteiger partial charge in [0, 0.05) is 30.0 Å². The van der Waals surface area contributed by atoms with Crippen molar-refractivity contribution in [1.29, 1.82) is 5.41 Å². The standard InChI is InChI=1S/C26H28N4O3/c1-18(2)33-25(27)24-23(19-8-10-22(11-9-19)30-12-14-32-15-13-30)16-21(17-31)29-26(24)28-20-6-4-3-5-7-20/h3-11,16-18,27H,12-15H2,1-2H3,(H,28,29). The Hall–Kier alpha value is -3.71. The van der Waals surface area contributed by atoms with Crippen LogP contribution in [0.25, 0.3) is 11.1 Å². The first-order chi connectivity index (χ1) is 16.0. The van der Waals surface area contributed by atoms with E-state index >= 15 is 0 Å². The number of hydrogen-bond donors (Lipinski definition) is 2. The number of aromatic nitrogens is 1. The molecule has 7 heteroatoms. The minimum absolute atomic E-state index is 0.000589. The zero-order chi connectivity index (χ0) is 23.2. The molecule has 0 bridgehead atoms. The van der Waals surface area contributed by atoms with E-state index in [1.54, 1.807) is 6.07 Å². The third-order valence-corrected chi connectivity index (χ3v) is 5.33. The lowest BCUT2D eigenvalue weighted by atomic mass is 9.98. The van der Waals surface area contributed by atoms with Gasteiger partial charge in [-0.1, -0.05) is 30.3 Å². The average molecular weight is 445 g/mol. The van der Waals surface area contributed by atoms with Gasteiger partial charge < -0.3 is 19.7 Å². The van der Waals surface area contributed by atoms with Crippen LogP contribution >= 0.6 is 0 Å². The highest BCUT2D eigenvalue weighted by Gasteiger charge is 2.21. The number of ether oxygens (including phenoxy) is 2. The average Bonchev–Trinajstić information content (AvgIpc) is 2.84. The van der Waals surface area contributed by atoms with Crippen LogP contribution < -0.4 is 10.2 Å². The summed E-state index contributed by atoms with van der Waals surface area (Å²) in [5.41, 5.74) is 4.30. The first kappa shape index (κ1) is 22.5. The number of pyridine rings is 1. The van der Waals surface area contributed by atoms with Gasteiger partial charge in [-0.15, -0.1) is 0 Å². The Morgan fingerprint density at radius 3 is 2.45 bits per heavy atom.